The minimum absolute atomic E-state index is 0.233. The Morgan fingerprint density at radius 1 is 1.21 bits per heavy atom. The molecule has 2 aliphatic rings. The quantitative estimate of drug-likeness (QED) is 0.808. The first-order valence-corrected chi connectivity index (χ1v) is 7.88. The van der Waals surface area contributed by atoms with Gasteiger partial charge < -0.3 is 16.0 Å². The smallest absolute Gasteiger partial charge is 0.223 e. The first-order valence-electron chi connectivity index (χ1n) is 7.88. The van der Waals surface area contributed by atoms with Crippen molar-refractivity contribution in [2.24, 2.45) is 17.6 Å². The van der Waals surface area contributed by atoms with Gasteiger partial charge in [0.05, 0.1) is 0 Å². The van der Waals surface area contributed by atoms with Gasteiger partial charge in [-0.1, -0.05) is 6.42 Å². The largest absolute Gasteiger partial charge is 0.354 e. The molecule has 1 atom stereocenters. The molecule has 2 rings (SSSR count). The van der Waals surface area contributed by atoms with Gasteiger partial charge in [-0.2, -0.15) is 0 Å². The zero-order valence-corrected chi connectivity index (χ0v) is 12.2. The SMILES string of the molecule is CN1CCCCC1CNC(=O)C1CCC(CN)CC1. The first-order chi connectivity index (χ1) is 9.20. The van der Waals surface area contributed by atoms with E-state index in [9.17, 15) is 4.79 Å². The first kappa shape index (κ1) is 14.8. The fourth-order valence-corrected chi connectivity index (χ4v) is 3.43. The molecular weight excluding hydrogens is 238 g/mol. The molecule has 1 amide bonds. The van der Waals surface area contributed by atoms with E-state index in [4.69, 9.17) is 5.73 Å². The molecule has 19 heavy (non-hydrogen) atoms. The highest BCUT2D eigenvalue weighted by Gasteiger charge is 2.26. The van der Waals surface area contributed by atoms with Gasteiger partial charge in [0, 0.05) is 18.5 Å². The van der Waals surface area contributed by atoms with E-state index in [1.54, 1.807) is 0 Å². The molecule has 0 spiro atoms. The number of rotatable bonds is 4. The molecule has 4 nitrogen and oxygen atoms in total. The summed E-state index contributed by atoms with van der Waals surface area (Å²) >= 11 is 0. The maximum absolute atomic E-state index is 12.2. The fourth-order valence-electron chi connectivity index (χ4n) is 3.43. The number of nitrogens with two attached hydrogens (primary N) is 1. The number of piperidine rings is 1. The Morgan fingerprint density at radius 2 is 1.95 bits per heavy atom. The molecule has 1 aliphatic heterocycles. The second-order valence-corrected chi connectivity index (χ2v) is 6.33. The molecule has 1 aliphatic carbocycles. The Morgan fingerprint density at radius 3 is 2.58 bits per heavy atom. The van der Waals surface area contributed by atoms with E-state index in [1.165, 1.54) is 25.8 Å². The molecule has 0 aromatic rings. The van der Waals surface area contributed by atoms with Crippen LogP contribution in [0.3, 0.4) is 0 Å². The highest BCUT2D eigenvalue weighted by Crippen LogP contribution is 2.28. The van der Waals surface area contributed by atoms with Gasteiger partial charge in [0.1, 0.15) is 0 Å². The molecule has 110 valence electrons. The highest BCUT2D eigenvalue weighted by molar-refractivity contribution is 5.78. The van der Waals surface area contributed by atoms with E-state index in [1.807, 2.05) is 0 Å². The number of nitrogens with one attached hydrogen (secondary N) is 1. The van der Waals surface area contributed by atoms with Crippen LogP contribution in [0.1, 0.15) is 44.9 Å². The predicted molar refractivity (Wildman–Crippen MR) is 77.8 cm³/mol. The Labute approximate surface area is 117 Å². The lowest BCUT2D eigenvalue weighted by Gasteiger charge is -2.33. The molecule has 1 heterocycles. The number of nitrogens with zero attached hydrogens (tertiary/aromatic N) is 1. The van der Waals surface area contributed by atoms with E-state index in [0.29, 0.717) is 12.0 Å². The minimum Gasteiger partial charge on any atom is -0.354 e. The summed E-state index contributed by atoms with van der Waals surface area (Å²) in [5.41, 5.74) is 5.69. The number of likely N-dealkylation sites (N-methyl/N-ethyl adjacent to an activating group) is 1. The molecule has 2 fully saturated rings. The third kappa shape index (κ3) is 4.18. The number of amides is 1. The summed E-state index contributed by atoms with van der Waals surface area (Å²) in [7, 11) is 2.17. The number of likely N-dealkylation sites (tertiary alicyclic amines) is 1. The lowest BCUT2D eigenvalue weighted by atomic mass is 9.81. The van der Waals surface area contributed by atoms with Gasteiger partial charge in [-0.25, -0.2) is 0 Å². The average Bonchev–Trinajstić information content (AvgIpc) is 2.46. The van der Waals surface area contributed by atoms with Gasteiger partial charge in [0.2, 0.25) is 5.91 Å². The second-order valence-electron chi connectivity index (χ2n) is 6.33. The Balaban J connectivity index is 1.69. The zero-order chi connectivity index (χ0) is 13.7. The van der Waals surface area contributed by atoms with E-state index in [-0.39, 0.29) is 11.8 Å². The van der Waals surface area contributed by atoms with Gasteiger partial charge in [-0.15, -0.1) is 0 Å². The molecular formula is C15H29N3O. The van der Waals surface area contributed by atoms with Crippen molar-refractivity contribution in [1.82, 2.24) is 10.2 Å². The van der Waals surface area contributed by atoms with Crippen LogP contribution in [0, 0.1) is 11.8 Å². The van der Waals surface area contributed by atoms with Crippen LogP contribution in [-0.4, -0.2) is 43.5 Å². The highest BCUT2D eigenvalue weighted by atomic mass is 16.1. The number of hydrogen-bond donors (Lipinski definition) is 2. The summed E-state index contributed by atoms with van der Waals surface area (Å²) in [4.78, 5) is 14.6. The summed E-state index contributed by atoms with van der Waals surface area (Å²) in [5, 5.41) is 3.17. The molecule has 1 saturated carbocycles. The number of carbonyl (C=O) groups excluding carboxylic acids is 1. The van der Waals surface area contributed by atoms with Crippen molar-refractivity contribution in [3.05, 3.63) is 0 Å². The monoisotopic (exact) mass is 267 g/mol. The van der Waals surface area contributed by atoms with E-state index in [2.05, 4.69) is 17.3 Å². The Hall–Kier alpha value is -0.610. The summed E-state index contributed by atoms with van der Waals surface area (Å²) in [5.74, 6) is 1.15. The standard InChI is InChI=1S/C15H29N3O/c1-18-9-3-2-4-14(18)11-17-15(19)13-7-5-12(10-16)6-8-13/h12-14H,2-11,16H2,1H3,(H,17,19). The molecule has 0 bridgehead atoms. The molecule has 1 unspecified atom stereocenters. The Kier molecular flexibility index (Phi) is 5.64. The van der Waals surface area contributed by atoms with Gasteiger partial charge in [-0.05, 0) is 64.6 Å². The zero-order valence-electron chi connectivity index (χ0n) is 12.2. The van der Waals surface area contributed by atoms with Gasteiger partial charge in [0.25, 0.3) is 0 Å². The van der Waals surface area contributed by atoms with Crippen LogP contribution in [0.25, 0.3) is 0 Å². The van der Waals surface area contributed by atoms with E-state index in [0.717, 1.165) is 38.8 Å². The van der Waals surface area contributed by atoms with Crippen molar-refractivity contribution >= 4 is 5.91 Å². The lowest BCUT2D eigenvalue weighted by Crippen LogP contribution is -2.46. The van der Waals surface area contributed by atoms with Crippen molar-refractivity contribution in [3.63, 3.8) is 0 Å². The molecule has 4 heteroatoms. The fraction of sp³-hybridized carbons (Fsp3) is 0.933. The van der Waals surface area contributed by atoms with Crippen LogP contribution in [0.15, 0.2) is 0 Å². The topological polar surface area (TPSA) is 58.4 Å². The predicted octanol–water partition coefficient (Wildman–Crippen LogP) is 1.35. The van der Waals surface area contributed by atoms with Crippen LogP contribution in [-0.2, 0) is 4.79 Å². The van der Waals surface area contributed by atoms with Crippen LogP contribution >= 0.6 is 0 Å². The third-order valence-electron chi connectivity index (χ3n) is 4.98. The molecule has 0 aromatic heterocycles. The summed E-state index contributed by atoms with van der Waals surface area (Å²) in [6.07, 6.45) is 8.10. The normalized spacial score (nSPS) is 33.1. The second kappa shape index (κ2) is 7.25. The van der Waals surface area contributed by atoms with Gasteiger partial charge in [0.15, 0.2) is 0 Å². The van der Waals surface area contributed by atoms with Crippen molar-refractivity contribution in [1.29, 1.82) is 0 Å². The molecule has 3 N–H and O–H groups in total. The minimum atomic E-state index is 0.233. The number of carbonyl (C=O) groups is 1. The van der Waals surface area contributed by atoms with Crippen LogP contribution in [0.4, 0.5) is 0 Å². The molecule has 1 saturated heterocycles. The summed E-state index contributed by atoms with van der Waals surface area (Å²) in [6.45, 7) is 2.77. The van der Waals surface area contributed by atoms with E-state index >= 15 is 0 Å². The van der Waals surface area contributed by atoms with Crippen molar-refractivity contribution < 1.29 is 4.79 Å². The molecule has 0 radical (unpaired) electrons. The Bertz CT molecular complexity index is 287. The van der Waals surface area contributed by atoms with Crippen LogP contribution < -0.4 is 11.1 Å². The van der Waals surface area contributed by atoms with Gasteiger partial charge >= 0.3 is 0 Å². The van der Waals surface area contributed by atoms with Gasteiger partial charge in [-0.3, -0.25) is 4.79 Å². The van der Waals surface area contributed by atoms with Crippen LogP contribution in [0.2, 0.25) is 0 Å². The average molecular weight is 267 g/mol. The third-order valence-corrected chi connectivity index (χ3v) is 4.98. The molecule has 0 aromatic carbocycles. The summed E-state index contributed by atoms with van der Waals surface area (Å²) in [6, 6.07) is 0.540. The van der Waals surface area contributed by atoms with Crippen LogP contribution in [0.5, 0.6) is 0 Å². The lowest BCUT2D eigenvalue weighted by molar-refractivity contribution is -0.126. The maximum Gasteiger partial charge on any atom is 0.223 e. The summed E-state index contributed by atoms with van der Waals surface area (Å²) < 4.78 is 0. The van der Waals surface area contributed by atoms with Crippen molar-refractivity contribution in [3.8, 4) is 0 Å². The van der Waals surface area contributed by atoms with E-state index < -0.39 is 0 Å². The van der Waals surface area contributed by atoms with Crippen molar-refractivity contribution in [2.75, 3.05) is 26.7 Å². The van der Waals surface area contributed by atoms with Crippen molar-refractivity contribution in [2.45, 2.75) is 51.0 Å². The number of hydrogen-bond acceptors (Lipinski definition) is 3. The maximum atomic E-state index is 12.2.